The summed E-state index contributed by atoms with van der Waals surface area (Å²) in [6, 6.07) is 18.7. The van der Waals surface area contributed by atoms with E-state index in [4.69, 9.17) is 4.98 Å². The molecule has 0 N–H and O–H groups in total. The van der Waals surface area contributed by atoms with Crippen LogP contribution in [0, 0.1) is 0 Å². The van der Waals surface area contributed by atoms with Crippen LogP contribution in [0.2, 0.25) is 0 Å². The molecule has 19 heavy (non-hydrogen) atoms. The Bertz CT molecular complexity index is 833. The fourth-order valence-electron chi connectivity index (χ4n) is 2.20. The zero-order chi connectivity index (χ0) is 11.9. The molecule has 0 aliphatic rings. The van der Waals surface area contributed by atoms with Crippen LogP contribution >= 0.6 is 11.3 Å². The van der Waals surface area contributed by atoms with Gasteiger partial charge in [0.15, 0.2) is 4.96 Å². The van der Waals surface area contributed by atoms with Gasteiger partial charge in [0.25, 0.3) is 0 Å². The number of para-hydroxylation sites is 1. The van der Waals surface area contributed by atoms with Gasteiger partial charge in [0.1, 0.15) is 0 Å². The second kappa shape index (κ2) is 4.79. The number of hydrogen-bond donors (Lipinski definition) is 0. The van der Waals surface area contributed by atoms with Crippen LogP contribution in [0.15, 0.2) is 60.8 Å². The lowest BCUT2D eigenvalue weighted by Crippen LogP contribution is -3.00. The van der Waals surface area contributed by atoms with Gasteiger partial charge in [-0.2, -0.15) is 0 Å². The molecule has 0 amide bonds. The fraction of sp³-hybridized carbons (Fsp3) is 0. The van der Waals surface area contributed by atoms with Crippen molar-refractivity contribution in [1.82, 2.24) is 9.38 Å². The molecule has 4 heteroatoms. The average Bonchev–Trinajstić information content (AvgIpc) is 2.97. The van der Waals surface area contributed by atoms with Gasteiger partial charge in [-0.25, -0.2) is 4.98 Å². The maximum atomic E-state index is 4.70. The third kappa shape index (κ3) is 1.97. The highest BCUT2D eigenvalue weighted by molar-refractivity contribution is 7.23. The second-order valence-corrected chi connectivity index (χ2v) is 5.22. The van der Waals surface area contributed by atoms with Crippen molar-refractivity contribution in [2.75, 3.05) is 0 Å². The minimum atomic E-state index is 0. The number of thiazole rings is 1. The van der Waals surface area contributed by atoms with Crippen LogP contribution in [-0.2, 0) is 0 Å². The van der Waals surface area contributed by atoms with Gasteiger partial charge in [-0.15, -0.1) is 0 Å². The van der Waals surface area contributed by atoms with E-state index in [0.717, 1.165) is 16.2 Å². The van der Waals surface area contributed by atoms with Crippen LogP contribution in [0.3, 0.4) is 0 Å². The Balaban J connectivity index is 0.00000110. The Morgan fingerprint density at radius 1 is 0.895 bits per heavy atom. The Morgan fingerprint density at radius 3 is 2.47 bits per heavy atom. The van der Waals surface area contributed by atoms with Gasteiger partial charge in [0.05, 0.1) is 15.9 Å². The Morgan fingerprint density at radius 2 is 1.63 bits per heavy atom. The predicted octanol–water partition coefficient (Wildman–Crippen LogP) is 1.22. The summed E-state index contributed by atoms with van der Waals surface area (Å²) in [5.41, 5.74) is 3.43. The number of aromatic nitrogens is 2. The molecule has 0 bridgehead atoms. The molecule has 0 saturated heterocycles. The van der Waals surface area contributed by atoms with Crippen LogP contribution in [-0.4, -0.2) is 9.38 Å². The number of nitrogens with zero attached hydrogens (tertiary/aromatic N) is 2. The molecule has 0 radical (unpaired) electrons. The highest BCUT2D eigenvalue weighted by Gasteiger charge is 2.08. The van der Waals surface area contributed by atoms with E-state index in [1.165, 1.54) is 10.2 Å². The first-order valence-electron chi connectivity index (χ1n) is 5.84. The van der Waals surface area contributed by atoms with Crippen molar-refractivity contribution in [2.45, 2.75) is 0 Å². The standard InChI is InChI=1S/C15H10N2S.BrH/c1-2-6-11(7-3-1)12-10-17-13-8-4-5-9-14(13)18-15(17)16-12;/h1-10H;1H/p-1. The van der Waals surface area contributed by atoms with E-state index >= 15 is 0 Å². The SMILES string of the molecule is [Br-].c1ccc(-c2cn3c(n2)sc2ccccc23)cc1. The molecule has 0 aliphatic carbocycles. The lowest BCUT2D eigenvalue weighted by atomic mass is 10.2. The maximum absolute atomic E-state index is 4.70. The molecule has 0 saturated carbocycles. The van der Waals surface area contributed by atoms with Crippen LogP contribution < -0.4 is 17.0 Å². The lowest BCUT2D eigenvalue weighted by Gasteiger charge is -1.93. The fourth-order valence-corrected chi connectivity index (χ4v) is 3.20. The number of imidazole rings is 1. The summed E-state index contributed by atoms with van der Waals surface area (Å²) < 4.78 is 3.45. The molecular weight excluding hydrogens is 320 g/mol. The minimum Gasteiger partial charge on any atom is -1.00 e. The van der Waals surface area contributed by atoms with Gasteiger partial charge >= 0.3 is 0 Å². The van der Waals surface area contributed by atoms with Gasteiger partial charge in [-0.3, -0.25) is 4.40 Å². The van der Waals surface area contributed by atoms with E-state index < -0.39 is 0 Å². The molecule has 2 aromatic heterocycles. The molecule has 0 atom stereocenters. The Hall–Kier alpha value is -1.65. The average molecular weight is 330 g/mol. The van der Waals surface area contributed by atoms with Crippen LogP contribution in [0.1, 0.15) is 0 Å². The first-order valence-corrected chi connectivity index (χ1v) is 6.65. The van der Waals surface area contributed by atoms with E-state index in [1.807, 2.05) is 18.2 Å². The Labute approximate surface area is 125 Å². The molecule has 2 heterocycles. The van der Waals surface area contributed by atoms with Crippen LogP contribution in [0.25, 0.3) is 26.4 Å². The van der Waals surface area contributed by atoms with Crippen molar-refractivity contribution in [3.8, 4) is 11.3 Å². The number of rotatable bonds is 1. The van der Waals surface area contributed by atoms with Crippen molar-refractivity contribution >= 4 is 26.5 Å². The van der Waals surface area contributed by atoms with Crippen LogP contribution in [0.4, 0.5) is 0 Å². The number of halogens is 1. The topological polar surface area (TPSA) is 17.3 Å². The summed E-state index contributed by atoms with van der Waals surface area (Å²) in [4.78, 5) is 5.75. The number of fused-ring (bicyclic) bond motifs is 3. The molecule has 2 nitrogen and oxygen atoms in total. The largest absolute Gasteiger partial charge is 1.00 e. The third-order valence-electron chi connectivity index (χ3n) is 3.07. The molecule has 0 spiro atoms. The monoisotopic (exact) mass is 329 g/mol. The molecule has 0 unspecified atom stereocenters. The second-order valence-electron chi connectivity index (χ2n) is 4.21. The maximum Gasteiger partial charge on any atom is 0.195 e. The summed E-state index contributed by atoms with van der Waals surface area (Å²) >= 11 is 1.73. The smallest absolute Gasteiger partial charge is 0.195 e. The van der Waals surface area contributed by atoms with Crippen molar-refractivity contribution < 1.29 is 17.0 Å². The summed E-state index contributed by atoms with van der Waals surface area (Å²) in [6.45, 7) is 0. The predicted molar refractivity (Wildman–Crippen MR) is 76.0 cm³/mol. The van der Waals surface area contributed by atoms with E-state index in [0.29, 0.717) is 0 Å². The van der Waals surface area contributed by atoms with E-state index in [1.54, 1.807) is 11.3 Å². The first-order chi connectivity index (χ1) is 8.92. The summed E-state index contributed by atoms with van der Waals surface area (Å²) in [6.07, 6.45) is 2.11. The van der Waals surface area contributed by atoms with E-state index in [-0.39, 0.29) is 17.0 Å². The van der Waals surface area contributed by atoms with Gasteiger partial charge in [-0.1, -0.05) is 53.8 Å². The van der Waals surface area contributed by atoms with Gasteiger partial charge < -0.3 is 17.0 Å². The minimum absolute atomic E-state index is 0. The zero-order valence-corrected chi connectivity index (χ0v) is 12.4. The summed E-state index contributed by atoms with van der Waals surface area (Å²) in [5.74, 6) is 0. The highest BCUT2D eigenvalue weighted by atomic mass is 79.9. The quantitative estimate of drug-likeness (QED) is 0.513. The molecule has 4 aromatic rings. The van der Waals surface area contributed by atoms with Gasteiger partial charge in [-0.05, 0) is 12.1 Å². The van der Waals surface area contributed by atoms with E-state index in [2.05, 4.69) is 47.0 Å². The molecule has 2 aromatic carbocycles. The summed E-state index contributed by atoms with van der Waals surface area (Å²) in [5, 5.41) is 0. The van der Waals surface area contributed by atoms with Crippen molar-refractivity contribution in [3.63, 3.8) is 0 Å². The van der Waals surface area contributed by atoms with Crippen molar-refractivity contribution in [2.24, 2.45) is 0 Å². The number of hydrogen-bond acceptors (Lipinski definition) is 2. The molecule has 0 fully saturated rings. The molecule has 94 valence electrons. The van der Waals surface area contributed by atoms with Crippen molar-refractivity contribution in [3.05, 3.63) is 60.8 Å². The Kier molecular flexibility index (Phi) is 3.12. The lowest BCUT2D eigenvalue weighted by molar-refractivity contribution is -0.00000344. The molecule has 4 rings (SSSR count). The number of benzene rings is 2. The first kappa shape index (κ1) is 12.4. The summed E-state index contributed by atoms with van der Waals surface area (Å²) in [7, 11) is 0. The molecular formula is C15H10BrN2S-. The van der Waals surface area contributed by atoms with Gasteiger partial charge in [0.2, 0.25) is 0 Å². The normalized spacial score (nSPS) is 10.7. The van der Waals surface area contributed by atoms with E-state index in [9.17, 15) is 0 Å². The molecule has 0 aliphatic heterocycles. The highest BCUT2D eigenvalue weighted by Crippen LogP contribution is 2.28. The third-order valence-corrected chi connectivity index (χ3v) is 4.10. The van der Waals surface area contributed by atoms with Crippen molar-refractivity contribution in [1.29, 1.82) is 0 Å². The zero-order valence-electron chi connectivity index (χ0n) is 9.95. The van der Waals surface area contributed by atoms with Crippen LogP contribution in [0.5, 0.6) is 0 Å². The van der Waals surface area contributed by atoms with Gasteiger partial charge in [0, 0.05) is 11.8 Å².